The lowest BCUT2D eigenvalue weighted by Crippen LogP contribution is -2.29. The first-order valence-corrected chi connectivity index (χ1v) is 4.67. The van der Waals surface area contributed by atoms with E-state index >= 15 is 0 Å². The molecule has 4 nitrogen and oxygen atoms in total. The maximum absolute atomic E-state index is 10.0. The zero-order valence-corrected chi connectivity index (χ0v) is 8.49. The number of aryl methyl sites for hydroxylation is 1. The fraction of sp³-hybridized carbons (Fsp3) is 0.778. The molecule has 1 rings (SSSR count). The molecule has 0 aliphatic carbocycles. The largest absolute Gasteiger partial charge is 0.390 e. The van der Waals surface area contributed by atoms with E-state index in [0.29, 0.717) is 6.42 Å². The molecule has 0 radical (unpaired) electrons. The van der Waals surface area contributed by atoms with E-state index in [4.69, 9.17) is 0 Å². The molecule has 0 atom stereocenters. The predicted molar refractivity (Wildman–Crippen MR) is 50.2 cm³/mol. The van der Waals surface area contributed by atoms with Gasteiger partial charge < -0.3 is 5.11 Å². The van der Waals surface area contributed by atoms with Crippen LogP contribution in [0.25, 0.3) is 0 Å². The SMILES string of the molecule is CCC(O)(CC)Cc1cn(C)nn1. The molecule has 1 heterocycles. The lowest BCUT2D eigenvalue weighted by Gasteiger charge is -2.23. The molecule has 0 spiro atoms. The molecule has 0 amide bonds. The Balaban J connectivity index is 2.67. The van der Waals surface area contributed by atoms with Crippen molar-refractivity contribution in [3.05, 3.63) is 11.9 Å². The summed E-state index contributed by atoms with van der Waals surface area (Å²) in [6.07, 6.45) is 3.93. The van der Waals surface area contributed by atoms with Crippen molar-refractivity contribution in [3.8, 4) is 0 Å². The van der Waals surface area contributed by atoms with Gasteiger partial charge in [-0.15, -0.1) is 5.10 Å². The number of hydrogen-bond donors (Lipinski definition) is 1. The van der Waals surface area contributed by atoms with Crippen LogP contribution in [0.3, 0.4) is 0 Å². The van der Waals surface area contributed by atoms with Crippen molar-refractivity contribution < 1.29 is 5.11 Å². The summed E-state index contributed by atoms with van der Waals surface area (Å²) in [5.41, 5.74) is 0.240. The smallest absolute Gasteiger partial charge is 0.0855 e. The lowest BCUT2D eigenvalue weighted by molar-refractivity contribution is 0.0317. The fourth-order valence-electron chi connectivity index (χ4n) is 1.31. The molecule has 0 aliphatic rings. The highest BCUT2D eigenvalue weighted by atomic mass is 16.3. The molecule has 0 aliphatic heterocycles. The van der Waals surface area contributed by atoms with E-state index in [-0.39, 0.29) is 0 Å². The molecule has 0 aromatic carbocycles. The van der Waals surface area contributed by atoms with Crippen molar-refractivity contribution in [2.24, 2.45) is 7.05 Å². The summed E-state index contributed by atoms with van der Waals surface area (Å²) in [5, 5.41) is 17.8. The highest BCUT2D eigenvalue weighted by Crippen LogP contribution is 2.19. The normalized spacial score (nSPS) is 12.0. The molecule has 1 N–H and O–H groups in total. The summed E-state index contributed by atoms with van der Waals surface area (Å²) in [6.45, 7) is 3.97. The van der Waals surface area contributed by atoms with Gasteiger partial charge in [-0.25, -0.2) is 0 Å². The first-order valence-electron chi connectivity index (χ1n) is 4.67. The Kier molecular flexibility index (Phi) is 3.03. The molecule has 0 saturated heterocycles. The molecule has 0 bridgehead atoms. The Morgan fingerprint density at radius 2 is 2.08 bits per heavy atom. The first-order chi connectivity index (χ1) is 6.09. The number of aromatic nitrogens is 3. The van der Waals surface area contributed by atoms with Crippen LogP contribution < -0.4 is 0 Å². The van der Waals surface area contributed by atoms with Crippen LogP contribution in [0, 0.1) is 0 Å². The highest BCUT2D eigenvalue weighted by molar-refractivity contribution is 4.98. The second-order valence-corrected chi connectivity index (χ2v) is 3.49. The summed E-state index contributed by atoms with van der Waals surface area (Å²) in [7, 11) is 1.83. The van der Waals surface area contributed by atoms with Gasteiger partial charge in [-0.3, -0.25) is 4.68 Å². The van der Waals surface area contributed by atoms with Crippen LogP contribution >= 0.6 is 0 Å². The number of hydrogen-bond acceptors (Lipinski definition) is 3. The Morgan fingerprint density at radius 3 is 2.46 bits per heavy atom. The van der Waals surface area contributed by atoms with E-state index in [1.165, 1.54) is 0 Å². The quantitative estimate of drug-likeness (QED) is 0.754. The summed E-state index contributed by atoms with van der Waals surface area (Å²) < 4.78 is 1.65. The molecule has 74 valence electrons. The van der Waals surface area contributed by atoms with Gasteiger partial charge in [0, 0.05) is 19.7 Å². The molecular formula is C9H17N3O. The molecular weight excluding hydrogens is 166 g/mol. The van der Waals surface area contributed by atoms with Crippen LogP contribution in [0.5, 0.6) is 0 Å². The van der Waals surface area contributed by atoms with Crippen molar-refractivity contribution in [2.45, 2.75) is 38.7 Å². The molecule has 4 heteroatoms. The van der Waals surface area contributed by atoms with Crippen molar-refractivity contribution in [1.29, 1.82) is 0 Å². The summed E-state index contributed by atoms with van der Waals surface area (Å²) in [5.74, 6) is 0. The first kappa shape index (κ1) is 10.2. The van der Waals surface area contributed by atoms with Crippen LogP contribution in [0.4, 0.5) is 0 Å². The summed E-state index contributed by atoms with van der Waals surface area (Å²) in [4.78, 5) is 0. The third-order valence-corrected chi connectivity index (χ3v) is 2.48. The number of nitrogens with zero attached hydrogens (tertiary/aromatic N) is 3. The third-order valence-electron chi connectivity index (χ3n) is 2.48. The van der Waals surface area contributed by atoms with Crippen LogP contribution in [-0.4, -0.2) is 25.7 Å². The molecule has 13 heavy (non-hydrogen) atoms. The second-order valence-electron chi connectivity index (χ2n) is 3.49. The van der Waals surface area contributed by atoms with E-state index < -0.39 is 5.60 Å². The zero-order chi connectivity index (χ0) is 9.90. The monoisotopic (exact) mass is 183 g/mol. The van der Waals surface area contributed by atoms with Crippen molar-refractivity contribution in [3.63, 3.8) is 0 Å². The fourth-order valence-corrected chi connectivity index (χ4v) is 1.31. The van der Waals surface area contributed by atoms with E-state index in [1.807, 2.05) is 27.1 Å². The van der Waals surface area contributed by atoms with Gasteiger partial charge in [0.2, 0.25) is 0 Å². The minimum Gasteiger partial charge on any atom is -0.390 e. The van der Waals surface area contributed by atoms with Gasteiger partial charge in [0.1, 0.15) is 0 Å². The number of aliphatic hydroxyl groups is 1. The van der Waals surface area contributed by atoms with Crippen LogP contribution in [0.15, 0.2) is 6.20 Å². The average molecular weight is 183 g/mol. The van der Waals surface area contributed by atoms with Crippen LogP contribution in [-0.2, 0) is 13.5 Å². The van der Waals surface area contributed by atoms with E-state index in [1.54, 1.807) is 4.68 Å². The van der Waals surface area contributed by atoms with E-state index in [2.05, 4.69) is 10.3 Å². The van der Waals surface area contributed by atoms with Gasteiger partial charge in [0.05, 0.1) is 11.3 Å². The molecule has 1 aromatic rings. The molecule has 1 aromatic heterocycles. The lowest BCUT2D eigenvalue weighted by atomic mass is 9.92. The topological polar surface area (TPSA) is 50.9 Å². The van der Waals surface area contributed by atoms with E-state index in [9.17, 15) is 5.11 Å². The van der Waals surface area contributed by atoms with Gasteiger partial charge in [-0.2, -0.15) is 0 Å². The number of rotatable bonds is 4. The standard InChI is InChI=1S/C9H17N3O/c1-4-9(13,5-2)6-8-7-12(3)11-10-8/h7,13H,4-6H2,1-3H3. The maximum Gasteiger partial charge on any atom is 0.0855 e. The maximum atomic E-state index is 10.0. The predicted octanol–water partition coefficient (Wildman–Crippen LogP) is 0.909. The summed E-state index contributed by atoms with van der Waals surface area (Å²) in [6, 6.07) is 0. The summed E-state index contributed by atoms with van der Waals surface area (Å²) >= 11 is 0. The van der Waals surface area contributed by atoms with Crippen LogP contribution in [0.1, 0.15) is 32.4 Å². The van der Waals surface area contributed by atoms with Crippen molar-refractivity contribution >= 4 is 0 Å². The Hall–Kier alpha value is -0.900. The second kappa shape index (κ2) is 3.87. The Bertz CT molecular complexity index is 266. The molecule has 0 saturated carbocycles. The zero-order valence-electron chi connectivity index (χ0n) is 8.49. The van der Waals surface area contributed by atoms with Crippen molar-refractivity contribution in [2.75, 3.05) is 0 Å². The van der Waals surface area contributed by atoms with Gasteiger partial charge in [-0.05, 0) is 12.8 Å². The molecule has 0 unspecified atom stereocenters. The highest BCUT2D eigenvalue weighted by Gasteiger charge is 2.23. The van der Waals surface area contributed by atoms with Gasteiger partial charge >= 0.3 is 0 Å². The van der Waals surface area contributed by atoms with Crippen LogP contribution in [0.2, 0.25) is 0 Å². The Morgan fingerprint density at radius 1 is 1.46 bits per heavy atom. The van der Waals surface area contributed by atoms with Crippen molar-refractivity contribution in [1.82, 2.24) is 15.0 Å². The molecule has 0 fully saturated rings. The third kappa shape index (κ3) is 2.52. The van der Waals surface area contributed by atoms with Gasteiger partial charge in [-0.1, -0.05) is 19.1 Å². The minimum atomic E-state index is -0.615. The minimum absolute atomic E-state index is 0.591. The average Bonchev–Trinajstić information content (AvgIpc) is 2.51. The van der Waals surface area contributed by atoms with E-state index in [0.717, 1.165) is 18.5 Å². The van der Waals surface area contributed by atoms with Gasteiger partial charge in [0.25, 0.3) is 0 Å². The Labute approximate surface area is 78.6 Å². The van der Waals surface area contributed by atoms with Gasteiger partial charge in [0.15, 0.2) is 0 Å².